The van der Waals surface area contributed by atoms with E-state index in [0.29, 0.717) is 18.5 Å². The predicted molar refractivity (Wildman–Crippen MR) is 124 cm³/mol. The van der Waals surface area contributed by atoms with Gasteiger partial charge in [-0.25, -0.2) is 14.6 Å². The molecule has 0 atom stereocenters. The molecule has 2 N–H and O–H groups in total. The van der Waals surface area contributed by atoms with Crippen molar-refractivity contribution < 1.29 is 55.4 Å². The van der Waals surface area contributed by atoms with Crippen molar-refractivity contribution >= 4 is 17.8 Å². The standard InChI is InChI=1S/C19H27N5O2.2C2HF3O2/c1-12-7-14(8-12)22(3)19(25)18-20-16-11-24(6-5-17(16)26-18)10-15-9-13(2)21-23(15)4;2*3-2(4,5)1(6)7/h9,12,14H,5-8,10-11H2,1-4H3;2*(H,6,7). The summed E-state index contributed by atoms with van der Waals surface area (Å²) in [6.45, 7) is 6.66. The van der Waals surface area contributed by atoms with Gasteiger partial charge >= 0.3 is 30.2 Å². The van der Waals surface area contributed by atoms with E-state index in [-0.39, 0.29) is 11.8 Å². The third kappa shape index (κ3) is 8.96. The Morgan fingerprint density at radius 2 is 1.62 bits per heavy atom. The zero-order chi connectivity index (χ0) is 30.6. The fourth-order valence-electron chi connectivity index (χ4n) is 4.01. The number of hydrogen-bond acceptors (Lipinski definition) is 7. The maximum absolute atomic E-state index is 12.7. The van der Waals surface area contributed by atoms with Gasteiger partial charge in [0.05, 0.1) is 17.1 Å². The van der Waals surface area contributed by atoms with E-state index >= 15 is 0 Å². The maximum atomic E-state index is 12.7. The Kier molecular flexibility index (Phi) is 10.3. The number of carbonyl (C=O) groups excluding carboxylic acids is 1. The molecule has 224 valence electrons. The normalized spacial score (nSPS) is 18.8. The summed E-state index contributed by atoms with van der Waals surface area (Å²) in [4.78, 5) is 39.1. The summed E-state index contributed by atoms with van der Waals surface area (Å²) < 4.78 is 71.2. The summed E-state index contributed by atoms with van der Waals surface area (Å²) in [5.41, 5.74) is 3.11. The molecule has 1 aliphatic heterocycles. The van der Waals surface area contributed by atoms with Crippen LogP contribution in [0.2, 0.25) is 0 Å². The summed E-state index contributed by atoms with van der Waals surface area (Å²) in [5.74, 6) is -3.79. The molecule has 4 rings (SSSR count). The fraction of sp³-hybridized carbons (Fsp3) is 0.609. The number of alkyl halides is 6. The molecule has 1 fully saturated rings. The van der Waals surface area contributed by atoms with Crippen molar-refractivity contribution in [1.82, 2.24) is 24.6 Å². The highest BCUT2D eigenvalue weighted by atomic mass is 19.4. The summed E-state index contributed by atoms with van der Waals surface area (Å²) in [6.07, 6.45) is -7.24. The molecule has 0 radical (unpaired) electrons. The summed E-state index contributed by atoms with van der Waals surface area (Å²) in [6, 6.07) is 2.44. The number of oxazole rings is 1. The lowest BCUT2D eigenvalue weighted by atomic mass is 9.81. The van der Waals surface area contributed by atoms with E-state index in [0.717, 1.165) is 49.5 Å². The SMILES string of the molecule is Cc1cc(CN2CCc3oc(C(=O)N(C)C4CC(C)C4)nc3C2)n(C)n1.O=C(O)C(F)(F)F.O=C(O)C(F)(F)F. The second-order valence-corrected chi connectivity index (χ2v) is 9.50. The van der Waals surface area contributed by atoms with Crippen LogP contribution < -0.4 is 0 Å². The van der Waals surface area contributed by atoms with Crippen LogP contribution in [0.1, 0.15) is 53.3 Å². The van der Waals surface area contributed by atoms with E-state index < -0.39 is 24.3 Å². The Labute approximate surface area is 224 Å². The third-order valence-corrected chi connectivity index (χ3v) is 6.18. The Hall–Kier alpha value is -3.63. The van der Waals surface area contributed by atoms with E-state index in [1.165, 1.54) is 5.69 Å². The largest absolute Gasteiger partial charge is 0.490 e. The summed E-state index contributed by atoms with van der Waals surface area (Å²) >= 11 is 0. The van der Waals surface area contributed by atoms with Gasteiger partial charge in [0.2, 0.25) is 0 Å². The molecule has 40 heavy (non-hydrogen) atoms. The summed E-state index contributed by atoms with van der Waals surface area (Å²) in [7, 11) is 3.83. The first-order valence-electron chi connectivity index (χ1n) is 11.9. The number of carboxylic acid groups (broad SMARTS) is 2. The minimum absolute atomic E-state index is 0.0925. The van der Waals surface area contributed by atoms with Gasteiger partial charge in [0.15, 0.2) is 0 Å². The topological polar surface area (TPSA) is 142 Å². The molecule has 2 aromatic heterocycles. The van der Waals surface area contributed by atoms with Crippen molar-refractivity contribution in [2.75, 3.05) is 13.6 Å². The van der Waals surface area contributed by atoms with E-state index in [2.05, 4.69) is 28.0 Å². The van der Waals surface area contributed by atoms with E-state index in [1.807, 2.05) is 25.7 Å². The van der Waals surface area contributed by atoms with Crippen molar-refractivity contribution in [2.24, 2.45) is 13.0 Å². The second-order valence-electron chi connectivity index (χ2n) is 9.50. The summed E-state index contributed by atoms with van der Waals surface area (Å²) in [5, 5.41) is 18.7. The van der Waals surface area contributed by atoms with Crippen LogP contribution in [0, 0.1) is 12.8 Å². The highest BCUT2D eigenvalue weighted by molar-refractivity contribution is 5.89. The Balaban J connectivity index is 0.000000333. The van der Waals surface area contributed by atoms with Crippen molar-refractivity contribution in [3.63, 3.8) is 0 Å². The molecule has 0 unspecified atom stereocenters. The first kappa shape index (κ1) is 32.6. The van der Waals surface area contributed by atoms with E-state index in [1.54, 1.807) is 4.90 Å². The number of aliphatic carboxylic acids is 2. The number of amides is 1. The molecule has 1 saturated carbocycles. The van der Waals surface area contributed by atoms with Crippen LogP contribution in [-0.4, -0.2) is 84.6 Å². The molecule has 2 aromatic rings. The fourth-order valence-corrected chi connectivity index (χ4v) is 4.01. The number of nitrogens with zero attached hydrogens (tertiary/aromatic N) is 5. The molecule has 11 nitrogen and oxygen atoms in total. The van der Waals surface area contributed by atoms with Crippen LogP contribution in [0.15, 0.2) is 10.5 Å². The van der Waals surface area contributed by atoms with Crippen LogP contribution in [0.5, 0.6) is 0 Å². The van der Waals surface area contributed by atoms with Crippen LogP contribution in [0.25, 0.3) is 0 Å². The zero-order valence-corrected chi connectivity index (χ0v) is 22.0. The molecule has 17 heteroatoms. The third-order valence-electron chi connectivity index (χ3n) is 6.18. The molecule has 0 spiro atoms. The van der Waals surface area contributed by atoms with Gasteiger partial charge in [-0.1, -0.05) is 6.92 Å². The van der Waals surface area contributed by atoms with E-state index in [9.17, 15) is 31.1 Å². The second kappa shape index (κ2) is 12.7. The Bertz CT molecular complexity index is 1180. The van der Waals surface area contributed by atoms with Gasteiger partial charge in [-0.15, -0.1) is 0 Å². The van der Waals surface area contributed by atoms with Gasteiger partial charge in [0.25, 0.3) is 5.89 Å². The molecule has 0 saturated heterocycles. The smallest absolute Gasteiger partial charge is 0.475 e. The molecule has 3 heterocycles. The van der Waals surface area contributed by atoms with E-state index in [4.69, 9.17) is 24.2 Å². The highest BCUT2D eigenvalue weighted by Crippen LogP contribution is 2.31. The molecular weight excluding hydrogens is 556 g/mol. The van der Waals surface area contributed by atoms with Gasteiger partial charge in [-0.05, 0) is 31.7 Å². The highest BCUT2D eigenvalue weighted by Gasteiger charge is 2.39. The van der Waals surface area contributed by atoms with Gasteiger partial charge in [-0.3, -0.25) is 14.4 Å². The number of fused-ring (bicyclic) bond motifs is 1. The van der Waals surface area contributed by atoms with Crippen molar-refractivity contribution in [3.05, 3.63) is 34.8 Å². The monoisotopic (exact) mass is 585 g/mol. The van der Waals surface area contributed by atoms with Crippen molar-refractivity contribution in [2.45, 2.75) is 64.6 Å². The number of aromatic nitrogens is 3. The molecular formula is C23H29F6N5O6. The van der Waals surface area contributed by atoms with Gasteiger partial charge < -0.3 is 19.5 Å². The van der Waals surface area contributed by atoms with Crippen LogP contribution in [-0.2, 0) is 36.1 Å². The van der Waals surface area contributed by atoms with Gasteiger partial charge in [0, 0.05) is 46.2 Å². The Morgan fingerprint density at radius 3 is 2.05 bits per heavy atom. The van der Waals surface area contributed by atoms with Crippen LogP contribution in [0.4, 0.5) is 26.3 Å². The average molecular weight is 586 g/mol. The molecule has 0 aromatic carbocycles. The lowest BCUT2D eigenvalue weighted by molar-refractivity contribution is -0.193. The average Bonchev–Trinajstić information content (AvgIpc) is 3.37. The van der Waals surface area contributed by atoms with Gasteiger partial charge in [0.1, 0.15) is 5.76 Å². The number of rotatable bonds is 4. The quantitative estimate of drug-likeness (QED) is 0.517. The first-order valence-corrected chi connectivity index (χ1v) is 11.9. The number of aryl methyl sites for hydroxylation is 2. The number of hydrogen-bond donors (Lipinski definition) is 2. The van der Waals surface area contributed by atoms with Crippen molar-refractivity contribution in [1.29, 1.82) is 0 Å². The van der Waals surface area contributed by atoms with Crippen LogP contribution >= 0.6 is 0 Å². The minimum atomic E-state index is -5.08. The number of halogens is 6. The predicted octanol–water partition coefficient (Wildman–Crippen LogP) is 3.41. The lowest BCUT2D eigenvalue weighted by Crippen LogP contribution is -2.44. The first-order chi connectivity index (χ1) is 18.3. The lowest BCUT2D eigenvalue weighted by Gasteiger charge is -2.38. The van der Waals surface area contributed by atoms with Crippen LogP contribution in [0.3, 0.4) is 0 Å². The number of carboxylic acids is 2. The zero-order valence-electron chi connectivity index (χ0n) is 22.0. The van der Waals surface area contributed by atoms with Gasteiger partial charge in [-0.2, -0.15) is 31.4 Å². The molecule has 0 bridgehead atoms. The molecule has 1 aliphatic carbocycles. The molecule has 1 amide bonds. The van der Waals surface area contributed by atoms with Crippen molar-refractivity contribution in [3.8, 4) is 0 Å². The Morgan fingerprint density at radius 1 is 1.10 bits per heavy atom. The molecule has 2 aliphatic rings. The number of carbonyl (C=O) groups is 3. The minimum Gasteiger partial charge on any atom is -0.475 e. The maximum Gasteiger partial charge on any atom is 0.490 e.